The number of anilines is 1. The molecule has 0 radical (unpaired) electrons. The Morgan fingerprint density at radius 1 is 1.53 bits per heavy atom. The molecule has 0 aliphatic rings. The van der Waals surface area contributed by atoms with Crippen molar-refractivity contribution in [1.29, 1.82) is 0 Å². The Hall–Kier alpha value is -1.99. The zero-order valence-corrected chi connectivity index (χ0v) is 11.4. The molecule has 1 aromatic rings. The van der Waals surface area contributed by atoms with Gasteiger partial charge < -0.3 is 10.4 Å². The molecule has 0 heterocycles. The lowest BCUT2D eigenvalue weighted by Gasteiger charge is -2.15. The fourth-order valence-electron chi connectivity index (χ4n) is 1.75. The van der Waals surface area contributed by atoms with E-state index in [0.717, 1.165) is 6.42 Å². The zero-order valence-electron chi connectivity index (χ0n) is 11.4. The van der Waals surface area contributed by atoms with Gasteiger partial charge >= 0.3 is 0 Å². The maximum absolute atomic E-state index is 11.5. The van der Waals surface area contributed by atoms with Crippen molar-refractivity contribution in [2.75, 3.05) is 11.9 Å². The predicted octanol–water partition coefficient (Wildman–Crippen LogP) is 2.41. The van der Waals surface area contributed by atoms with Crippen LogP contribution in [0.3, 0.4) is 0 Å². The van der Waals surface area contributed by atoms with Crippen LogP contribution in [0.15, 0.2) is 18.2 Å². The number of benzene rings is 1. The first-order valence-corrected chi connectivity index (χ1v) is 6.38. The van der Waals surface area contributed by atoms with Crippen molar-refractivity contribution in [2.24, 2.45) is 0 Å². The van der Waals surface area contributed by atoms with Crippen molar-refractivity contribution in [3.63, 3.8) is 0 Å². The highest BCUT2D eigenvalue weighted by atomic mass is 16.3. The van der Waals surface area contributed by atoms with Gasteiger partial charge in [-0.2, -0.15) is 0 Å². The molecule has 0 saturated heterocycles. The van der Waals surface area contributed by atoms with Crippen LogP contribution in [0.4, 0.5) is 5.69 Å². The molecule has 1 amide bonds. The zero-order chi connectivity index (χ0) is 14.3. The first kappa shape index (κ1) is 15.1. The summed E-state index contributed by atoms with van der Waals surface area (Å²) in [5.41, 5.74) is 1.39. The highest BCUT2D eigenvalue weighted by Crippen LogP contribution is 2.27. The molecule has 4 heteroatoms. The summed E-state index contributed by atoms with van der Waals surface area (Å²) in [6.45, 7) is 4.28. The van der Waals surface area contributed by atoms with Crippen LogP contribution in [-0.2, 0) is 4.79 Å². The molecule has 1 atom stereocenters. The van der Waals surface area contributed by atoms with E-state index in [4.69, 9.17) is 6.42 Å². The fourth-order valence-corrected chi connectivity index (χ4v) is 1.75. The van der Waals surface area contributed by atoms with E-state index in [1.807, 2.05) is 13.8 Å². The summed E-state index contributed by atoms with van der Waals surface area (Å²) in [4.78, 5) is 11.5. The van der Waals surface area contributed by atoms with E-state index in [1.165, 1.54) is 0 Å². The van der Waals surface area contributed by atoms with Gasteiger partial charge in [0.25, 0.3) is 0 Å². The molecule has 19 heavy (non-hydrogen) atoms. The van der Waals surface area contributed by atoms with Crippen LogP contribution >= 0.6 is 0 Å². The molecule has 1 rings (SSSR count). The van der Waals surface area contributed by atoms with Gasteiger partial charge in [0, 0.05) is 23.7 Å². The normalized spacial score (nSPS) is 11.6. The van der Waals surface area contributed by atoms with Gasteiger partial charge in [-0.1, -0.05) is 12.8 Å². The quantitative estimate of drug-likeness (QED) is 0.544. The minimum Gasteiger partial charge on any atom is -0.508 e. The maximum Gasteiger partial charge on any atom is 0.224 e. The summed E-state index contributed by atoms with van der Waals surface area (Å²) < 4.78 is 0. The van der Waals surface area contributed by atoms with Gasteiger partial charge in [-0.3, -0.25) is 10.1 Å². The summed E-state index contributed by atoms with van der Waals surface area (Å²) in [6.07, 6.45) is 6.48. The van der Waals surface area contributed by atoms with Crippen LogP contribution in [0.5, 0.6) is 5.75 Å². The Morgan fingerprint density at radius 2 is 2.26 bits per heavy atom. The number of rotatable bonds is 6. The molecule has 0 fully saturated rings. The third-order valence-corrected chi connectivity index (χ3v) is 2.77. The molecule has 1 unspecified atom stereocenters. The molecule has 0 spiro atoms. The van der Waals surface area contributed by atoms with Crippen molar-refractivity contribution in [3.8, 4) is 18.1 Å². The van der Waals surface area contributed by atoms with E-state index in [9.17, 15) is 9.90 Å². The number of aromatic hydroxyl groups is 1. The van der Waals surface area contributed by atoms with Crippen molar-refractivity contribution in [2.45, 2.75) is 32.7 Å². The van der Waals surface area contributed by atoms with Crippen LogP contribution < -0.4 is 10.6 Å². The molecule has 4 nitrogen and oxygen atoms in total. The van der Waals surface area contributed by atoms with E-state index in [2.05, 4.69) is 16.6 Å². The predicted molar refractivity (Wildman–Crippen MR) is 76.9 cm³/mol. The van der Waals surface area contributed by atoms with Gasteiger partial charge in [0.05, 0.1) is 6.54 Å². The van der Waals surface area contributed by atoms with Crippen LogP contribution in [0, 0.1) is 12.3 Å². The molecule has 102 valence electrons. The van der Waals surface area contributed by atoms with E-state index in [0.29, 0.717) is 24.2 Å². The summed E-state index contributed by atoms with van der Waals surface area (Å²) in [5, 5.41) is 15.7. The number of terminal acetylenes is 1. The lowest BCUT2D eigenvalue weighted by Crippen LogP contribution is -2.19. The Labute approximate surface area is 114 Å². The SMILES string of the molecule is C#CCNC(C)c1cc(NC(=O)CCC)ccc1O. The molecular formula is C15H20N2O2. The second-order valence-corrected chi connectivity index (χ2v) is 4.38. The number of hydrogen-bond acceptors (Lipinski definition) is 3. The van der Waals surface area contributed by atoms with Crippen molar-refractivity contribution >= 4 is 11.6 Å². The monoisotopic (exact) mass is 260 g/mol. The maximum atomic E-state index is 11.5. The minimum absolute atomic E-state index is 0.0247. The number of nitrogens with one attached hydrogen (secondary N) is 2. The summed E-state index contributed by atoms with van der Waals surface area (Å²) in [5.74, 6) is 2.65. The van der Waals surface area contributed by atoms with Gasteiger partial charge in [0.1, 0.15) is 5.75 Å². The molecule has 0 bridgehead atoms. The number of carbonyl (C=O) groups is 1. The molecule has 0 aromatic heterocycles. The van der Waals surface area contributed by atoms with E-state index >= 15 is 0 Å². The van der Waals surface area contributed by atoms with Crippen molar-refractivity contribution in [3.05, 3.63) is 23.8 Å². The molecule has 0 aliphatic carbocycles. The Morgan fingerprint density at radius 3 is 2.89 bits per heavy atom. The van der Waals surface area contributed by atoms with Crippen molar-refractivity contribution < 1.29 is 9.90 Å². The largest absolute Gasteiger partial charge is 0.508 e. The Kier molecular flexibility index (Phi) is 5.91. The van der Waals surface area contributed by atoms with Crippen LogP contribution in [0.2, 0.25) is 0 Å². The third-order valence-electron chi connectivity index (χ3n) is 2.77. The topological polar surface area (TPSA) is 61.4 Å². The first-order chi connectivity index (χ1) is 9.08. The highest BCUT2D eigenvalue weighted by Gasteiger charge is 2.11. The average Bonchev–Trinajstić information content (AvgIpc) is 2.38. The second-order valence-electron chi connectivity index (χ2n) is 4.38. The second kappa shape index (κ2) is 7.45. The van der Waals surface area contributed by atoms with Gasteiger partial charge in [0.2, 0.25) is 5.91 Å². The first-order valence-electron chi connectivity index (χ1n) is 6.38. The fraction of sp³-hybridized carbons (Fsp3) is 0.400. The van der Waals surface area contributed by atoms with Gasteiger partial charge in [0.15, 0.2) is 0 Å². The Balaban J connectivity index is 2.82. The van der Waals surface area contributed by atoms with Crippen LogP contribution in [0.25, 0.3) is 0 Å². The number of carbonyl (C=O) groups excluding carboxylic acids is 1. The third kappa shape index (κ3) is 4.65. The summed E-state index contributed by atoms with van der Waals surface area (Å²) >= 11 is 0. The number of phenolic OH excluding ortho intramolecular Hbond substituents is 1. The smallest absolute Gasteiger partial charge is 0.224 e. The molecule has 0 aliphatic heterocycles. The van der Waals surface area contributed by atoms with E-state index in [1.54, 1.807) is 18.2 Å². The number of amides is 1. The summed E-state index contributed by atoms with van der Waals surface area (Å²) in [6, 6.07) is 4.93. The summed E-state index contributed by atoms with van der Waals surface area (Å²) in [7, 11) is 0. The molecular weight excluding hydrogens is 240 g/mol. The number of hydrogen-bond donors (Lipinski definition) is 3. The molecule has 0 saturated carbocycles. The Bertz CT molecular complexity index is 478. The number of phenols is 1. The molecule has 3 N–H and O–H groups in total. The lowest BCUT2D eigenvalue weighted by molar-refractivity contribution is -0.116. The highest BCUT2D eigenvalue weighted by molar-refractivity contribution is 5.90. The van der Waals surface area contributed by atoms with Gasteiger partial charge in [-0.05, 0) is 31.5 Å². The minimum atomic E-state index is -0.0842. The van der Waals surface area contributed by atoms with E-state index < -0.39 is 0 Å². The van der Waals surface area contributed by atoms with Crippen LogP contribution in [-0.4, -0.2) is 17.6 Å². The molecule has 1 aromatic carbocycles. The lowest BCUT2D eigenvalue weighted by atomic mass is 10.1. The standard InChI is InChI=1S/C15H20N2O2/c1-4-6-15(19)17-12-7-8-14(18)13(10-12)11(3)16-9-5-2/h2,7-8,10-11,16,18H,4,6,9H2,1,3H3,(H,17,19). The van der Waals surface area contributed by atoms with Crippen LogP contribution in [0.1, 0.15) is 38.3 Å². The van der Waals surface area contributed by atoms with Gasteiger partial charge in [-0.25, -0.2) is 0 Å². The van der Waals surface area contributed by atoms with E-state index in [-0.39, 0.29) is 17.7 Å². The van der Waals surface area contributed by atoms with Gasteiger partial charge in [-0.15, -0.1) is 6.42 Å². The van der Waals surface area contributed by atoms with Crippen molar-refractivity contribution in [1.82, 2.24) is 5.32 Å². The average molecular weight is 260 g/mol.